The Kier molecular flexibility index (Phi) is 9.47. The molecule has 0 radical (unpaired) electrons. The van der Waals surface area contributed by atoms with Crippen LogP contribution in [0, 0.1) is 23.7 Å². The summed E-state index contributed by atoms with van der Waals surface area (Å²) in [6.07, 6.45) is 9.06. The van der Waals surface area contributed by atoms with E-state index in [0.29, 0.717) is 36.8 Å². The highest BCUT2D eigenvalue weighted by Crippen LogP contribution is 2.41. The van der Waals surface area contributed by atoms with Crippen LogP contribution in [0.1, 0.15) is 73.6 Å². The zero-order valence-corrected chi connectivity index (χ0v) is 27.7. The van der Waals surface area contributed by atoms with Gasteiger partial charge in [0.05, 0.1) is 5.71 Å². The number of aryl methyl sites for hydroxylation is 1. The lowest BCUT2D eigenvalue weighted by molar-refractivity contribution is -0.122. The van der Waals surface area contributed by atoms with Gasteiger partial charge in [-0.05, 0) is 106 Å². The molecular formula is C34H38F2IN5O3. The van der Waals surface area contributed by atoms with Crippen LogP contribution in [0.3, 0.4) is 0 Å². The zero-order chi connectivity index (χ0) is 31.7. The van der Waals surface area contributed by atoms with Crippen LogP contribution in [0.5, 0.6) is 5.75 Å². The summed E-state index contributed by atoms with van der Waals surface area (Å²) in [5, 5.41) is 7.46. The average molecular weight is 730 g/mol. The van der Waals surface area contributed by atoms with Gasteiger partial charge in [-0.1, -0.05) is 36.4 Å². The number of likely N-dealkylation sites (tertiary alicyclic amines) is 1. The van der Waals surface area contributed by atoms with Crippen LogP contribution in [0.25, 0.3) is 0 Å². The summed E-state index contributed by atoms with van der Waals surface area (Å²) in [5.74, 6) is -0.251. The van der Waals surface area contributed by atoms with Crippen LogP contribution >= 0.6 is 22.6 Å². The molecule has 1 aliphatic carbocycles. The number of rotatable bonds is 10. The Morgan fingerprint density at radius 1 is 1.13 bits per heavy atom. The molecule has 3 aliphatic heterocycles. The number of alkyl halides is 3. The molecular weight excluding hydrogens is 691 g/mol. The molecule has 45 heavy (non-hydrogen) atoms. The topological polar surface area (TPSA) is 86.9 Å². The Hall–Kier alpha value is -3.06. The largest absolute Gasteiger partial charge is 0.488 e. The van der Waals surface area contributed by atoms with Gasteiger partial charge in [-0.15, -0.1) is 4.91 Å². The molecule has 8 nitrogen and oxygen atoms in total. The number of para-hydroxylation sites is 1. The predicted molar refractivity (Wildman–Crippen MR) is 179 cm³/mol. The van der Waals surface area contributed by atoms with Crippen LogP contribution in [0.15, 0.2) is 69.6 Å². The second-order valence-electron chi connectivity index (χ2n) is 12.6. The van der Waals surface area contributed by atoms with Crippen molar-refractivity contribution in [2.45, 2.75) is 80.9 Å². The minimum Gasteiger partial charge on any atom is -0.488 e. The van der Waals surface area contributed by atoms with Gasteiger partial charge < -0.3 is 9.64 Å². The Bertz CT molecular complexity index is 1510. The smallest absolute Gasteiger partial charge is 0.319 e. The van der Waals surface area contributed by atoms with Gasteiger partial charge in [0.25, 0.3) is 5.91 Å². The van der Waals surface area contributed by atoms with Crippen molar-refractivity contribution in [2.24, 2.45) is 27.1 Å². The number of amides is 1. The number of aliphatic imine (C=N–C) groups is 1. The van der Waals surface area contributed by atoms with Gasteiger partial charge >= 0.3 is 3.93 Å². The summed E-state index contributed by atoms with van der Waals surface area (Å²) < 4.78 is 32.3. The fourth-order valence-electron chi connectivity index (χ4n) is 6.80. The fraction of sp³-hybridized carbons (Fsp3) is 0.500. The summed E-state index contributed by atoms with van der Waals surface area (Å²) in [6, 6.07) is 13.6. The molecule has 2 aromatic rings. The molecule has 1 saturated carbocycles. The van der Waals surface area contributed by atoms with Crippen LogP contribution in [0.2, 0.25) is 0 Å². The number of benzene rings is 2. The lowest BCUT2D eigenvalue weighted by atomic mass is 9.88. The van der Waals surface area contributed by atoms with Crippen molar-refractivity contribution in [1.29, 1.82) is 0 Å². The number of nitroso groups, excluding NO2 is 1. The van der Waals surface area contributed by atoms with Gasteiger partial charge in [0.15, 0.2) is 0 Å². The predicted octanol–water partition coefficient (Wildman–Crippen LogP) is 7.58. The first-order valence-electron chi connectivity index (χ1n) is 15.7. The van der Waals surface area contributed by atoms with Crippen LogP contribution in [-0.4, -0.2) is 56.8 Å². The fourth-order valence-corrected chi connectivity index (χ4v) is 7.45. The number of carbonyl (C=O) groups is 1. The number of piperidine rings is 1. The molecule has 238 valence electrons. The van der Waals surface area contributed by atoms with Crippen molar-refractivity contribution in [3.05, 3.63) is 81.5 Å². The third-order valence-corrected chi connectivity index (χ3v) is 10.3. The zero-order valence-electron chi connectivity index (χ0n) is 25.5. The lowest BCUT2D eigenvalue weighted by Crippen LogP contribution is -2.45. The molecule has 11 heteroatoms. The summed E-state index contributed by atoms with van der Waals surface area (Å²) in [6.45, 7) is 7.08. The summed E-state index contributed by atoms with van der Waals surface area (Å²) >= 11 is 0.971. The normalized spacial score (nSPS) is 23.4. The average Bonchev–Trinajstić information content (AvgIpc) is 3.80. The van der Waals surface area contributed by atoms with E-state index in [1.54, 1.807) is 6.08 Å². The van der Waals surface area contributed by atoms with Crippen molar-refractivity contribution in [1.82, 2.24) is 9.91 Å². The Labute approximate surface area is 276 Å². The van der Waals surface area contributed by atoms with Crippen LogP contribution in [-0.2, 0) is 11.4 Å². The number of halogens is 3. The Balaban J connectivity index is 1.14. The minimum atomic E-state index is -3.37. The molecule has 0 aromatic heterocycles. The first-order valence-corrected chi connectivity index (χ1v) is 16.8. The quantitative estimate of drug-likeness (QED) is 0.143. The molecule has 6 rings (SSSR count). The van der Waals surface area contributed by atoms with E-state index in [-0.39, 0.29) is 5.82 Å². The van der Waals surface area contributed by atoms with Crippen molar-refractivity contribution in [2.75, 3.05) is 13.1 Å². The van der Waals surface area contributed by atoms with Crippen LogP contribution < -0.4 is 4.74 Å². The molecule has 0 spiro atoms. The van der Waals surface area contributed by atoms with Crippen molar-refractivity contribution in [3.8, 4) is 5.75 Å². The molecule has 1 saturated heterocycles. The summed E-state index contributed by atoms with van der Waals surface area (Å²) in [5.41, 5.74) is 4.86. The molecule has 4 aliphatic rings. The van der Waals surface area contributed by atoms with Gasteiger partial charge in [-0.2, -0.15) is 13.9 Å². The van der Waals surface area contributed by atoms with Crippen molar-refractivity contribution >= 4 is 40.4 Å². The van der Waals surface area contributed by atoms with Crippen LogP contribution in [0.4, 0.5) is 8.78 Å². The SMILES string of the molecule is Cc1cccc(C2=NC(N3N=CC(C(=O)N=O)C3C(F)(F)I)=CCC2)c1OCc1ccc(C2CCN(C(C)C3CC3)CC2)cc1. The second kappa shape index (κ2) is 13.4. The highest BCUT2D eigenvalue weighted by Gasteiger charge is 2.52. The highest BCUT2D eigenvalue weighted by atomic mass is 127. The van der Waals surface area contributed by atoms with Gasteiger partial charge in [0.2, 0.25) is 0 Å². The van der Waals surface area contributed by atoms with E-state index in [2.05, 4.69) is 46.4 Å². The van der Waals surface area contributed by atoms with E-state index in [4.69, 9.17) is 9.73 Å². The first kappa shape index (κ1) is 31.9. The maximum atomic E-state index is 14.7. The molecule has 2 fully saturated rings. The molecule has 2 aromatic carbocycles. The number of carbonyl (C=O) groups excluding carboxylic acids is 1. The molecule has 0 N–H and O–H groups in total. The molecule has 0 bridgehead atoms. The van der Waals surface area contributed by atoms with Gasteiger partial charge in [0.1, 0.15) is 30.1 Å². The van der Waals surface area contributed by atoms with Gasteiger partial charge in [-0.3, -0.25) is 4.79 Å². The van der Waals surface area contributed by atoms with Gasteiger partial charge in [0, 0.05) is 45.6 Å². The van der Waals surface area contributed by atoms with E-state index in [1.807, 2.05) is 25.1 Å². The Morgan fingerprint density at radius 2 is 1.87 bits per heavy atom. The molecule has 3 heterocycles. The summed E-state index contributed by atoms with van der Waals surface area (Å²) in [7, 11) is 0. The standard InChI is InChI=1S/C34H38F2IN5O3/c1-21-5-3-6-27(29-7-4-8-30(39-29)42-32(34(35,36)37)28(19-38-42)33(43)40-44)31(21)45-20-23-9-11-25(12-10-23)26-15-17-41(18-16-26)22(2)24-13-14-24/h3,5-6,8-12,19,22,24,26,28,32H,4,7,13-18,20H2,1-2H3. The number of allylic oxidation sites excluding steroid dienone is 1. The highest BCUT2D eigenvalue weighted by molar-refractivity contribution is 14.1. The third kappa shape index (κ3) is 7.03. The number of ether oxygens (including phenoxy) is 1. The number of hydrogen-bond acceptors (Lipinski definition) is 7. The number of hydrazone groups is 1. The third-order valence-electron chi connectivity index (χ3n) is 9.62. The van der Waals surface area contributed by atoms with E-state index in [1.165, 1.54) is 44.3 Å². The lowest BCUT2D eigenvalue weighted by Gasteiger charge is -2.36. The van der Waals surface area contributed by atoms with Crippen molar-refractivity contribution < 1.29 is 18.3 Å². The molecule has 3 unspecified atom stereocenters. The van der Waals surface area contributed by atoms with E-state index in [9.17, 15) is 18.5 Å². The number of nitrogens with zero attached hydrogens (tertiary/aromatic N) is 5. The minimum absolute atomic E-state index is 0.200. The molecule has 3 atom stereocenters. The summed E-state index contributed by atoms with van der Waals surface area (Å²) in [4.78, 5) is 30.3. The maximum Gasteiger partial charge on any atom is 0.319 e. The van der Waals surface area contributed by atoms with E-state index >= 15 is 0 Å². The second-order valence-corrected chi connectivity index (χ2v) is 14.0. The van der Waals surface area contributed by atoms with Gasteiger partial charge in [-0.25, -0.2) is 10.0 Å². The van der Waals surface area contributed by atoms with E-state index in [0.717, 1.165) is 62.5 Å². The maximum absolute atomic E-state index is 14.7. The monoisotopic (exact) mass is 729 g/mol. The first-order chi connectivity index (χ1) is 21.6. The van der Waals surface area contributed by atoms with E-state index < -0.39 is 21.8 Å². The van der Waals surface area contributed by atoms with Crippen molar-refractivity contribution in [3.63, 3.8) is 0 Å². The molecule has 1 amide bonds. The Morgan fingerprint density at radius 3 is 2.53 bits per heavy atom. The number of hydrogen-bond donors (Lipinski definition) is 0.